The molecule has 0 atom stereocenters. The lowest BCUT2D eigenvalue weighted by molar-refractivity contribution is 0.799. The number of rotatable bonds is 3. The van der Waals surface area contributed by atoms with Crippen molar-refractivity contribution in [2.24, 2.45) is 0 Å². The van der Waals surface area contributed by atoms with Crippen LogP contribution >= 0.6 is 11.6 Å². The standard InChI is InChI=1S/C10H13ClN6/c1-4-12-10-13-5-8(11)9(15-10)17-7(3)14-6(2)16-17/h5H,4H2,1-3H3,(H,12,13,15). The van der Waals surface area contributed by atoms with Crippen LogP contribution in [0.3, 0.4) is 0 Å². The molecule has 0 aromatic carbocycles. The van der Waals surface area contributed by atoms with Crippen molar-refractivity contribution in [1.29, 1.82) is 0 Å². The first-order valence-electron chi connectivity index (χ1n) is 5.29. The van der Waals surface area contributed by atoms with Crippen molar-refractivity contribution in [3.8, 4) is 5.82 Å². The molecule has 0 amide bonds. The summed E-state index contributed by atoms with van der Waals surface area (Å²) in [5.41, 5.74) is 0. The molecule has 0 fully saturated rings. The normalized spacial score (nSPS) is 10.6. The Labute approximate surface area is 104 Å². The maximum absolute atomic E-state index is 6.07. The van der Waals surface area contributed by atoms with Crippen molar-refractivity contribution in [2.45, 2.75) is 20.8 Å². The first-order valence-corrected chi connectivity index (χ1v) is 5.66. The number of aryl methyl sites for hydroxylation is 2. The second-order valence-corrected chi connectivity index (χ2v) is 3.92. The molecule has 6 nitrogen and oxygen atoms in total. The molecule has 90 valence electrons. The molecule has 2 aromatic heterocycles. The number of hydrogen-bond donors (Lipinski definition) is 1. The van der Waals surface area contributed by atoms with E-state index in [9.17, 15) is 0 Å². The molecule has 0 aliphatic rings. The molecule has 7 heteroatoms. The third kappa shape index (κ3) is 2.36. The van der Waals surface area contributed by atoms with Crippen LogP contribution < -0.4 is 5.32 Å². The van der Waals surface area contributed by atoms with Crippen LogP contribution in [0.25, 0.3) is 5.82 Å². The fourth-order valence-corrected chi connectivity index (χ4v) is 1.64. The smallest absolute Gasteiger partial charge is 0.224 e. The van der Waals surface area contributed by atoms with E-state index in [-0.39, 0.29) is 0 Å². The average Bonchev–Trinajstić information content (AvgIpc) is 2.61. The monoisotopic (exact) mass is 252 g/mol. The Hall–Kier alpha value is -1.69. The Morgan fingerprint density at radius 1 is 1.35 bits per heavy atom. The number of aromatic nitrogens is 5. The molecular formula is C10H13ClN6. The van der Waals surface area contributed by atoms with Crippen LogP contribution in [0.5, 0.6) is 0 Å². The van der Waals surface area contributed by atoms with Gasteiger partial charge in [0, 0.05) is 6.54 Å². The van der Waals surface area contributed by atoms with Crippen LogP contribution in [-0.2, 0) is 0 Å². The third-order valence-electron chi connectivity index (χ3n) is 2.14. The van der Waals surface area contributed by atoms with Crippen LogP contribution in [0.15, 0.2) is 6.20 Å². The van der Waals surface area contributed by atoms with E-state index in [1.165, 1.54) is 0 Å². The Morgan fingerprint density at radius 2 is 2.12 bits per heavy atom. The van der Waals surface area contributed by atoms with Gasteiger partial charge in [0.25, 0.3) is 0 Å². The summed E-state index contributed by atoms with van der Waals surface area (Å²) in [6, 6.07) is 0. The van der Waals surface area contributed by atoms with Crippen molar-refractivity contribution < 1.29 is 0 Å². The average molecular weight is 253 g/mol. The molecule has 0 aliphatic carbocycles. The van der Waals surface area contributed by atoms with Gasteiger partial charge in [-0.05, 0) is 20.8 Å². The quantitative estimate of drug-likeness (QED) is 0.902. The lowest BCUT2D eigenvalue weighted by Gasteiger charge is -2.07. The second kappa shape index (κ2) is 4.67. The maximum atomic E-state index is 6.07. The number of nitrogens with zero attached hydrogens (tertiary/aromatic N) is 5. The fourth-order valence-electron chi connectivity index (χ4n) is 1.47. The van der Waals surface area contributed by atoms with Crippen LogP contribution in [0.2, 0.25) is 5.02 Å². The van der Waals surface area contributed by atoms with Gasteiger partial charge in [-0.25, -0.2) is 9.97 Å². The van der Waals surface area contributed by atoms with Gasteiger partial charge in [-0.15, -0.1) is 5.10 Å². The molecule has 0 radical (unpaired) electrons. The van der Waals surface area contributed by atoms with Gasteiger partial charge in [0.05, 0.1) is 6.20 Å². The molecule has 0 saturated heterocycles. The second-order valence-electron chi connectivity index (χ2n) is 3.51. The largest absolute Gasteiger partial charge is 0.354 e. The lowest BCUT2D eigenvalue weighted by atomic mass is 10.5. The Morgan fingerprint density at radius 3 is 2.71 bits per heavy atom. The Kier molecular flexibility index (Phi) is 3.23. The Balaban J connectivity index is 2.50. The minimum Gasteiger partial charge on any atom is -0.354 e. The van der Waals surface area contributed by atoms with E-state index in [1.54, 1.807) is 10.9 Å². The first-order chi connectivity index (χ1) is 8.11. The van der Waals surface area contributed by atoms with Gasteiger partial charge in [0.1, 0.15) is 16.7 Å². The minimum absolute atomic E-state index is 0.444. The molecule has 2 heterocycles. The number of anilines is 1. The molecule has 0 unspecified atom stereocenters. The molecular weight excluding hydrogens is 240 g/mol. The van der Waals surface area contributed by atoms with E-state index in [4.69, 9.17) is 11.6 Å². The molecule has 0 spiro atoms. The van der Waals surface area contributed by atoms with Crippen molar-refractivity contribution in [3.63, 3.8) is 0 Å². The van der Waals surface area contributed by atoms with E-state index in [2.05, 4.69) is 25.4 Å². The van der Waals surface area contributed by atoms with Crippen LogP contribution in [0, 0.1) is 13.8 Å². The third-order valence-corrected chi connectivity index (χ3v) is 2.40. The topological polar surface area (TPSA) is 68.5 Å². The summed E-state index contributed by atoms with van der Waals surface area (Å²) in [5.74, 6) is 2.49. The van der Waals surface area contributed by atoms with Gasteiger partial charge < -0.3 is 5.32 Å². The molecule has 0 bridgehead atoms. The summed E-state index contributed by atoms with van der Waals surface area (Å²) in [6.07, 6.45) is 1.55. The predicted octanol–water partition coefficient (Wildman–Crippen LogP) is 1.76. The summed E-state index contributed by atoms with van der Waals surface area (Å²) in [7, 11) is 0. The van der Waals surface area contributed by atoms with Crippen LogP contribution in [0.4, 0.5) is 5.95 Å². The zero-order valence-corrected chi connectivity index (χ0v) is 10.7. The zero-order valence-electron chi connectivity index (χ0n) is 9.90. The zero-order chi connectivity index (χ0) is 12.4. The highest BCUT2D eigenvalue weighted by Gasteiger charge is 2.12. The van der Waals surface area contributed by atoms with Crippen molar-refractivity contribution in [2.75, 3.05) is 11.9 Å². The van der Waals surface area contributed by atoms with Gasteiger partial charge in [-0.2, -0.15) is 9.67 Å². The number of nitrogens with one attached hydrogen (secondary N) is 1. The van der Waals surface area contributed by atoms with E-state index < -0.39 is 0 Å². The fraction of sp³-hybridized carbons (Fsp3) is 0.400. The van der Waals surface area contributed by atoms with E-state index >= 15 is 0 Å². The molecule has 1 N–H and O–H groups in total. The highest BCUT2D eigenvalue weighted by molar-refractivity contribution is 6.32. The maximum Gasteiger partial charge on any atom is 0.224 e. The van der Waals surface area contributed by atoms with Gasteiger partial charge in [-0.1, -0.05) is 11.6 Å². The highest BCUT2D eigenvalue weighted by atomic mass is 35.5. The van der Waals surface area contributed by atoms with E-state index in [1.807, 2.05) is 20.8 Å². The predicted molar refractivity (Wildman–Crippen MR) is 65.6 cm³/mol. The van der Waals surface area contributed by atoms with E-state index in [0.717, 1.165) is 12.4 Å². The first kappa shape index (κ1) is 11.8. The molecule has 2 aromatic rings. The lowest BCUT2D eigenvalue weighted by Crippen LogP contribution is -2.08. The number of hydrogen-bond acceptors (Lipinski definition) is 5. The van der Waals surface area contributed by atoms with Gasteiger partial charge in [0.2, 0.25) is 5.95 Å². The molecule has 2 rings (SSSR count). The summed E-state index contributed by atoms with van der Waals surface area (Å²) in [6.45, 7) is 6.40. The molecule has 17 heavy (non-hydrogen) atoms. The van der Waals surface area contributed by atoms with Crippen molar-refractivity contribution in [1.82, 2.24) is 24.7 Å². The van der Waals surface area contributed by atoms with Crippen molar-refractivity contribution in [3.05, 3.63) is 22.9 Å². The number of halogens is 1. The van der Waals surface area contributed by atoms with Crippen molar-refractivity contribution >= 4 is 17.5 Å². The van der Waals surface area contributed by atoms with Crippen LogP contribution in [-0.4, -0.2) is 31.3 Å². The summed E-state index contributed by atoms with van der Waals surface area (Å²) < 4.78 is 1.61. The Bertz CT molecular complexity index is 536. The molecule has 0 saturated carbocycles. The summed E-state index contributed by atoms with van der Waals surface area (Å²) in [4.78, 5) is 12.6. The van der Waals surface area contributed by atoms with Gasteiger partial charge in [0.15, 0.2) is 5.82 Å². The van der Waals surface area contributed by atoms with Gasteiger partial charge in [-0.3, -0.25) is 0 Å². The van der Waals surface area contributed by atoms with Gasteiger partial charge >= 0.3 is 0 Å². The SMILES string of the molecule is CCNc1ncc(Cl)c(-n2nc(C)nc2C)n1. The highest BCUT2D eigenvalue weighted by Crippen LogP contribution is 2.18. The minimum atomic E-state index is 0.444. The summed E-state index contributed by atoms with van der Waals surface area (Å²) >= 11 is 6.07. The van der Waals surface area contributed by atoms with E-state index in [0.29, 0.717) is 22.6 Å². The molecule has 0 aliphatic heterocycles. The summed E-state index contributed by atoms with van der Waals surface area (Å²) in [5, 5.41) is 7.72. The van der Waals surface area contributed by atoms with Crippen LogP contribution in [0.1, 0.15) is 18.6 Å².